The minimum absolute atomic E-state index is 0.0601. The lowest BCUT2D eigenvalue weighted by atomic mass is 10.1. The van der Waals surface area contributed by atoms with Gasteiger partial charge in [-0.15, -0.1) is 0 Å². The highest BCUT2D eigenvalue weighted by Crippen LogP contribution is 2.36. The third-order valence-corrected chi connectivity index (χ3v) is 6.79. The zero-order valence-electron chi connectivity index (χ0n) is 21.1. The first kappa shape index (κ1) is 28.6. The Kier molecular flexibility index (Phi) is 9.68. The van der Waals surface area contributed by atoms with Gasteiger partial charge in [0, 0.05) is 58.1 Å². The molecule has 1 aromatic rings. The summed E-state index contributed by atoms with van der Waals surface area (Å²) in [5.74, 6) is -0.0836. The molecule has 0 aromatic heterocycles. The van der Waals surface area contributed by atoms with Crippen LogP contribution in [0.5, 0.6) is 0 Å². The maximum absolute atomic E-state index is 14.0. The fraction of sp³-hybridized carbons (Fsp3) is 0.560. The van der Waals surface area contributed by atoms with E-state index in [1.807, 2.05) is 16.7 Å². The van der Waals surface area contributed by atoms with Crippen LogP contribution in [-0.2, 0) is 22.3 Å². The van der Waals surface area contributed by atoms with Crippen molar-refractivity contribution in [2.24, 2.45) is 22.6 Å². The average molecular weight is 525 g/mol. The van der Waals surface area contributed by atoms with Crippen LogP contribution < -0.4 is 11.1 Å². The van der Waals surface area contributed by atoms with Crippen LogP contribution in [-0.4, -0.2) is 89.9 Å². The average Bonchev–Trinajstić information content (AvgIpc) is 3.19. The van der Waals surface area contributed by atoms with Crippen LogP contribution in [0.1, 0.15) is 25.0 Å². The number of amides is 2. The van der Waals surface area contributed by atoms with Gasteiger partial charge in [0.2, 0.25) is 12.3 Å². The summed E-state index contributed by atoms with van der Waals surface area (Å²) in [4.78, 5) is 32.9. The highest BCUT2D eigenvalue weighted by atomic mass is 19.4. The number of hydrogen-bond acceptors (Lipinski definition) is 6. The lowest BCUT2D eigenvalue weighted by molar-refractivity contribution is -0.138. The number of benzene rings is 1. The largest absolute Gasteiger partial charge is 0.416 e. The normalized spacial score (nSPS) is 22.5. The Morgan fingerprint density at radius 3 is 2.49 bits per heavy atom. The van der Waals surface area contributed by atoms with Crippen molar-refractivity contribution in [3.05, 3.63) is 41.6 Å². The zero-order valence-corrected chi connectivity index (χ0v) is 21.1. The summed E-state index contributed by atoms with van der Waals surface area (Å²) < 4.78 is 42.0. The van der Waals surface area contributed by atoms with Crippen molar-refractivity contribution < 1.29 is 27.9 Å². The van der Waals surface area contributed by atoms with Gasteiger partial charge < -0.3 is 26.0 Å². The molecule has 37 heavy (non-hydrogen) atoms. The minimum Gasteiger partial charge on any atom is -0.396 e. The van der Waals surface area contributed by atoms with Gasteiger partial charge in [0.15, 0.2) is 0 Å². The van der Waals surface area contributed by atoms with Crippen molar-refractivity contribution in [2.75, 3.05) is 45.9 Å². The molecular weight excluding hydrogens is 489 g/mol. The van der Waals surface area contributed by atoms with Crippen molar-refractivity contribution in [3.63, 3.8) is 0 Å². The number of likely N-dealkylation sites (tertiary alicyclic amines) is 1. The Bertz CT molecular complexity index is 998. The molecular formula is C25H35F3N6O3. The molecule has 0 aliphatic carbocycles. The van der Waals surface area contributed by atoms with E-state index in [9.17, 15) is 27.9 Å². The highest BCUT2D eigenvalue weighted by molar-refractivity contribution is 5.95. The quantitative estimate of drug-likeness (QED) is 0.270. The van der Waals surface area contributed by atoms with E-state index < -0.39 is 17.7 Å². The second-order valence-electron chi connectivity index (χ2n) is 9.66. The number of carbonyl (C=O) groups is 2. The standard InChI is InChI=1S/C25H35F3N6O3/c1-17-12-32(14-22(17)29)13-19-3-4-20(11-21(19)25(26,27)28)31-23(5-6-30-16-36)33-7-9-34(10-8-33)24(37)18(2)15-35/h3-6,11,16-18,22,35H,7-10,12-15,29H2,1-2H3,(H,30,36)/b6-5-,31-23?. The van der Waals surface area contributed by atoms with Gasteiger partial charge in [-0.1, -0.05) is 19.9 Å². The van der Waals surface area contributed by atoms with Gasteiger partial charge in [-0.25, -0.2) is 4.99 Å². The predicted octanol–water partition coefficient (Wildman–Crippen LogP) is 1.55. The number of nitrogens with one attached hydrogen (secondary N) is 1. The second kappa shape index (κ2) is 12.5. The molecule has 0 spiro atoms. The fourth-order valence-electron chi connectivity index (χ4n) is 4.55. The van der Waals surface area contributed by atoms with Crippen LogP contribution in [0, 0.1) is 11.8 Å². The summed E-state index contributed by atoms with van der Waals surface area (Å²) in [5, 5.41) is 11.6. The number of amidine groups is 1. The smallest absolute Gasteiger partial charge is 0.396 e. The Hall–Kier alpha value is -2.96. The fourth-order valence-corrected chi connectivity index (χ4v) is 4.55. The SMILES string of the molecule is CC(CO)C(=O)N1CCN(C(/C=C\NC=O)=Nc2ccc(CN3CC(C)C(N)C3)c(C(F)(F)F)c2)CC1. The lowest BCUT2D eigenvalue weighted by Crippen LogP contribution is -2.51. The maximum atomic E-state index is 14.0. The molecule has 3 atom stereocenters. The van der Waals surface area contributed by atoms with Gasteiger partial charge in [-0.2, -0.15) is 13.2 Å². The van der Waals surface area contributed by atoms with Crippen molar-refractivity contribution in [1.29, 1.82) is 0 Å². The Labute approximate surface area is 214 Å². The number of aliphatic hydroxyl groups excluding tert-OH is 1. The molecule has 2 fully saturated rings. The van der Waals surface area contributed by atoms with E-state index >= 15 is 0 Å². The summed E-state index contributed by atoms with van der Waals surface area (Å²) in [5.41, 5.74) is 5.58. The second-order valence-corrected chi connectivity index (χ2v) is 9.66. The monoisotopic (exact) mass is 524 g/mol. The van der Waals surface area contributed by atoms with Crippen LogP contribution in [0.3, 0.4) is 0 Å². The number of carbonyl (C=O) groups excluding carboxylic acids is 2. The first-order valence-electron chi connectivity index (χ1n) is 12.3. The topological polar surface area (TPSA) is 114 Å². The van der Waals surface area contributed by atoms with Gasteiger partial charge in [-0.05, 0) is 29.7 Å². The summed E-state index contributed by atoms with van der Waals surface area (Å²) in [7, 11) is 0. The molecule has 3 rings (SSSR count). The van der Waals surface area contributed by atoms with Crippen LogP contribution in [0.15, 0.2) is 35.5 Å². The lowest BCUT2D eigenvalue weighted by Gasteiger charge is -2.36. The summed E-state index contributed by atoms with van der Waals surface area (Å²) in [6.45, 7) is 6.27. The number of alkyl halides is 3. The van der Waals surface area contributed by atoms with Gasteiger partial charge in [0.1, 0.15) is 5.84 Å². The molecule has 2 amide bonds. The van der Waals surface area contributed by atoms with E-state index in [1.165, 1.54) is 18.3 Å². The number of hydrogen-bond donors (Lipinski definition) is 3. The van der Waals surface area contributed by atoms with E-state index in [1.54, 1.807) is 17.9 Å². The molecule has 2 heterocycles. The molecule has 0 saturated carbocycles. The summed E-state index contributed by atoms with van der Waals surface area (Å²) in [6.07, 6.45) is -1.22. The van der Waals surface area contributed by atoms with E-state index in [0.29, 0.717) is 51.5 Å². The first-order chi connectivity index (χ1) is 17.5. The van der Waals surface area contributed by atoms with E-state index in [2.05, 4.69) is 10.3 Å². The van der Waals surface area contributed by atoms with E-state index in [-0.39, 0.29) is 42.3 Å². The Morgan fingerprint density at radius 2 is 1.92 bits per heavy atom. The Balaban J connectivity index is 1.84. The van der Waals surface area contributed by atoms with Gasteiger partial charge in [0.25, 0.3) is 0 Å². The maximum Gasteiger partial charge on any atom is 0.416 e. The molecule has 2 aliphatic heterocycles. The first-order valence-corrected chi connectivity index (χ1v) is 12.3. The van der Waals surface area contributed by atoms with Crippen molar-refractivity contribution >= 4 is 23.8 Å². The van der Waals surface area contributed by atoms with Crippen LogP contribution in [0.25, 0.3) is 0 Å². The van der Waals surface area contributed by atoms with Crippen LogP contribution >= 0.6 is 0 Å². The van der Waals surface area contributed by atoms with Gasteiger partial charge >= 0.3 is 6.18 Å². The molecule has 0 bridgehead atoms. The van der Waals surface area contributed by atoms with Crippen LogP contribution in [0.2, 0.25) is 0 Å². The molecule has 3 unspecified atom stereocenters. The molecule has 2 saturated heterocycles. The molecule has 204 valence electrons. The Morgan fingerprint density at radius 1 is 1.24 bits per heavy atom. The molecule has 0 radical (unpaired) electrons. The minimum atomic E-state index is -4.56. The van der Waals surface area contributed by atoms with Crippen molar-refractivity contribution in [3.8, 4) is 0 Å². The van der Waals surface area contributed by atoms with Crippen LogP contribution in [0.4, 0.5) is 18.9 Å². The predicted molar refractivity (Wildman–Crippen MR) is 134 cm³/mol. The number of aliphatic hydroxyl groups is 1. The van der Waals surface area contributed by atoms with E-state index in [0.717, 1.165) is 6.07 Å². The van der Waals surface area contributed by atoms with Gasteiger partial charge in [0.05, 0.1) is 23.8 Å². The van der Waals surface area contributed by atoms with Crippen molar-refractivity contribution in [1.82, 2.24) is 20.0 Å². The molecule has 4 N–H and O–H groups in total. The van der Waals surface area contributed by atoms with Crippen molar-refractivity contribution in [2.45, 2.75) is 32.6 Å². The molecule has 1 aromatic carbocycles. The van der Waals surface area contributed by atoms with Gasteiger partial charge in [-0.3, -0.25) is 14.5 Å². The number of aliphatic imine (C=N–C) groups is 1. The summed E-state index contributed by atoms with van der Waals surface area (Å²) in [6, 6.07) is 3.98. The molecule has 12 heteroatoms. The number of rotatable bonds is 8. The third-order valence-electron chi connectivity index (χ3n) is 6.79. The molecule has 9 nitrogen and oxygen atoms in total. The highest BCUT2D eigenvalue weighted by Gasteiger charge is 2.35. The number of halogens is 3. The number of nitrogens with zero attached hydrogens (tertiary/aromatic N) is 4. The third kappa shape index (κ3) is 7.53. The number of nitrogens with two attached hydrogens (primary N) is 1. The number of piperazine rings is 1. The zero-order chi connectivity index (χ0) is 27.2. The summed E-state index contributed by atoms with van der Waals surface area (Å²) >= 11 is 0. The van der Waals surface area contributed by atoms with E-state index in [4.69, 9.17) is 5.73 Å². The molecule has 2 aliphatic rings.